The molecule has 0 heterocycles. The van der Waals surface area contributed by atoms with Crippen molar-refractivity contribution in [3.05, 3.63) is 66.2 Å². The van der Waals surface area contributed by atoms with Crippen LogP contribution in [0.1, 0.15) is 24.5 Å². The van der Waals surface area contributed by atoms with Crippen molar-refractivity contribution in [2.24, 2.45) is 0 Å². The molecule has 0 fully saturated rings. The van der Waals surface area contributed by atoms with Crippen molar-refractivity contribution in [3.8, 4) is 0 Å². The van der Waals surface area contributed by atoms with E-state index < -0.39 is 6.10 Å². The Kier molecular flexibility index (Phi) is 4.91. The molecule has 0 radical (unpaired) electrons. The molecule has 0 aliphatic heterocycles. The van der Waals surface area contributed by atoms with Crippen molar-refractivity contribution in [3.63, 3.8) is 0 Å². The van der Waals surface area contributed by atoms with Crippen molar-refractivity contribution in [2.75, 3.05) is 11.9 Å². The molecule has 20 heavy (non-hydrogen) atoms. The van der Waals surface area contributed by atoms with Gasteiger partial charge in [0.2, 0.25) is 5.91 Å². The SMILES string of the molecule is CN(C(=O)CCC(O)c1ccccc1)c1ccccc1. The van der Waals surface area contributed by atoms with Crippen molar-refractivity contribution in [2.45, 2.75) is 18.9 Å². The summed E-state index contributed by atoms with van der Waals surface area (Å²) in [5.41, 5.74) is 1.72. The molecule has 1 N–H and O–H groups in total. The molecule has 1 amide bonds. The van der Waals surface area contributed by atoms with Crippen molar-refractivity contribution >= 4 is 11.6 Å². The minimum absolute atomic E-state index is 0.00572. The summed E-state index contributed by atoms with van der Waals surface area (Å²) in [6.07, 6.45) is 0.158. The van der Waals surface area contributed by atoms with Gasteiger partial charge in [0.25, 0.3) is 0 Å². The summed E-state index contributed by atoms with van der Waals surface area (Å²) in [6, 6.07) is 18.9. The van der Waals surface area contributed by atoms with E-state index in [4.69, 9.17) is 0 Å². The van der Waals surface area contributed by atoms with Gasteiger partial charge >= 0.3 is 0 Å². The summed E-state index contributed by atoms with van der Waals surface area (Å²) < 4.78 is 0. The van der Waals surface area contributed by atoms with Gasteiger partial charge in [-0.2, -0.15) is 0 Å². The largest absolute Gasteiger partial charge is 0.388 e. The van der Waals surface area contributed by atoms with Crippen LogP contribution in [0, 0.1) is 0 Å². The van der Waals surface area contributed by atoms with Crippen molar-refractivity contribution < 1.29 is 9.90 Å². The number of carbonyl (C=O) groups is 1. The van der Waals surface area contributed by atoms with E-state index in [9.17, 15) is 9.90 Å². The van der Waals surface area contributed by atoms with E-state index in [2.05, 4.69) is 0 Å². The molecule has 2 aromatic rings. The van der Waals surface area contributed by atoms with E-state index in [1.165, 1.54) is 0 Å². The fraction of sp³-hybridized carbons (Fsp3) is 0.235. The number of anilines is 1. The van der Waals surface area contributed by atoms with E-state index in [0.29, 0.717) is 12.8 Å². The van der Waals surface area contributed by atoms with E-state index in [1.54, 1.807) is 11.9 Å². The fourth-order valence-corrected chi connectivity index (χ4v) is 2.07. The number of aliphatic hydroxyl groups excluding tert-OH is 1. The van der Waals surface area contributed by atoms with E-state index in [0.717, 1.165) is 11.3 Å². The van der Waals surface area contributed by atoms with Crippen LogP contribution in [0.5, 0.6) is 0 Å². The number of carbonyl (C=O) groups excluding carboxylic acids is 1. The molecule has 1 unspecified atom stereocenters. The number of amides is 1. The highest BCUT2D eigenvalue weighted by Gasteiger charge is 2.14. The number of aliphatic hydroxyl groups is 1. The van der Waals surface area contributed by atoms with Crippen LogP contribution < -0.4 is 4.90 Å². The fourth-order valence-electron chi connectivity index (χ4n) is 2.07. The minimum atomic E-state index is -0.593. The van der Waals surface area contributed by atoms with Gasteiger partial charge in [-0.1, -0.05) is 48.5 Å². The molecule has 2 aromatic carbocycles. The van der Waals surface area contributed by atoms with Gasteiger partial charge in [-0.3, -0.25) is 4.79 Å². The quantitative estimate of drug-likeness (QED) is 0.905. The van der Waals surface area contributed by atoms with Crippen LogP contribution in [0.2, 0.25) is 0 Å². The molecule has 104 valence electrons. The smallest absolute Gasteiger partial charge is 0.226 e. The second-order valence-electron chi connectivity index (χ2n) is 4.75. The van der Waals surface area contributed by atoms with Gasteiger partial charge in [0.1, 0.15) is 0 Å². The zero-order valence-electron chi connectivity index (χ0n) is 11.6. The Balaban J connectivity index is 1.89. The van der Waals surface area contributed by atoms with Crippen LogP contribution in [0.15, 0.2) is 60.7 Å². The predicted molar refractivity (Wildman–Crippen MR) is 80.5 cm³/mol. The first-order valence-electron chi connectivity index (χ1n) is 6.73. The minimum Gasteiger partial charge on any atom is -0.388 e. The van der Waals surface area contributed by atoms with E-state index >= 15 is 0 Å². The third-order valence-electron chi connectivity index (χ3n) is 3.33. The summed E-state index contributed by atoms with van der Waals surface area (Å²) in [4.78, 5) is 13.7. The maximum Gasteiger partial charge on any atom is 0.226 e. The first kappa shape index (κ1) is 14.3. The van der Waals surface area contributed by atoms with Gasteiger partial charge in [0, 0.05) is 19.2 Å². The third-order valence-corrected chi connectivity index (χ3v) is 3.33. The molecule has 1 atom stereocenters. The molecule has 0 aromatic heterocycles. The molecule has 0 saturated carbocycles. The molecule has 0 bridgehead atoms. The number of rotatable bonds is 5. The Morgan fingerprint density at radius 1 is 1.05 bits per heavy atom. The number of para-hydroxylation sites is 1. The Morgan fingerprint density at radius 3 is 2.20 bits per heavy atom. The van der Waals surface area contributed by atoms with Crippen LogP contribution in [0.4, 0.5) is 5.69 Å². The normalized spacial score (nSPS) is 11.9. The molecule has 0 saturated heterocycles. The Hall–Kier alpha value is -2.13. The average Bonchev–Trinajstić information content (AvgIpc) is 2.53. The van der Waals surface area contributed by atoms with E-state index in [-0.39, 0.29) is 5.91 Å². The Labute approximate surface area is 119 Å². The van der Waals surface area contributed by atoms with Crippen molar-refractivity contribution in [1.82, 2.24) is 0 Å². The molecular formula is C17H19NO2. The van der Waals surface area contributed by atoms with E-state index in [1.807, 2.05) is 60.7 Å². The number of benzene rings is 2. The Morgan fingerprint density at radius 2 is 1.60 bits per heavy atom. The van der Waals surface area contributed by atoms with Crippen LogP contribution in [-0.2, 0) is 4.79 Å². The lowest BCUT2D eigenvalue weighted by Crippen LogP contribution is -2.26. The summed E-state index contributed by atoms with van der Waals surface area (Å²) in [5.74, 6) is 0.00572. The Bertz CT molecular complexity index is 539. The van der Waals surface area contributed by atoms with Gasteiger partial charge in [0.15, 0.2) is 0 Å². The highest BCUT2D eigenvalue weighted by atomic mass is 16.3. The lowest BCUT2D eigenvalue weighted by Gasteiger charge is -2.18. The first-order valence-corrected chi connectivity index (χ1v) is 6.73. The maximum atomic E-state index is 12.1. The molecule has 0 spiro atoms. The topological polar surface area (TPSA) is 40.5 Å². The maximum absolute atomic E-state index is 12.1. The van der Waals surface area contributed by atoms with Crippen LogP contribution in [0.25, 0.3) is 0 Å². The van der Waals surface area contributed by atoms with Crippen LogP contribution in [0.3, 0.4) is 0 Å². The van der Waals surface area contributed by atoms with Crippen LogP contribution >= 0.6 is 0 Å². The highest BCUT2D eigenvalue weighted by molar-refractivity contribution is 5.92. The highest BCUT2D eigenvalue weighted by Crippen LogP contribution is 2.19. The standard InChI is InChI=1S/C17H19NO2/c1-18(15-10-6-3-7-11-15)17(20)13-12-16(19)14-8-4-2-5-9-14/h2-11,16,19H,12-13H2,1H3. The van der Waals surface area contributed by atoms with Gasteiger partial charge in [-0.25, -0.2) is 0 Å². The summed E-state index contributed by atoms with van der Waals surface area (Å²) in [7, 11) is 1.76. The molecular weight excluding hydrogens is 250 g/mol. The number of hydrogen-bond donors (Lipinski definition) is 1. The third kappa shape index (κ3) is 3.68. The first-order chi connectivity index (χ1) is 9.68. The molecule has 3 nitrogen and oxygen atoms in total. The zero-order chi connectivity index (χ0) is 14.4. The van der Waals surface area contributed by atoms with Gasteiger partial charge in [0.05, 0.1) is 6.10 Å². The van der Waals surface area contributed by atoms with Gasteiger partial charge < -0.3 is 10.0 Å². The summed E-state index contributed by atoms with van der Waals surface area (Å²) >= 11 is 0. The lowest BCUT2D eigenvalue weighted by molar-refractivity contribution is -0.118. The lowest BCUT2D eigenvalue weighted by atomic mass is 10.0. The summed E-state index contributed by atoms with van der Waals surface area (Å²) in [6.45, 7) is 0. The second kappa shape index (κ2) is 6.87. The molecule has 3 heteroatoms. The van der Waals surface area contributed by atoms with Gasteiger partial charge in [-0.05, 0) is 24.1 Å². The monoisotopic (exact) mass is 269 g/mol. The van der Waals surface area contributed by atoms with Crippen LogP contribution in [-0.4, -0.2) is 18.1 Å². The molecule has 0 aliphatic carbocycles. The number of hydrogen-bond acceptors (Lipinski definition) is 2. The molecule has 0 aliphatic rings. The predicted octanol–water partition coefficient (Wildman–Crippen LogP) is 3.16. The van der Waals surface area contributed by atoms with Gasteiger partial charge in [-0.15, -0.1) is 0 Å². The molecule has 2 rings (SSSR count). The second-order valence-corrected chi connectivity index (χ2v) is 4.75. The zero-order valence-corrected chi connectivity index (χ0v) is 11.6. The number of nitrogens with zero attached hydrogens (tertiary/aromatic N) is 1. The average molecular weight is 269 g/mol. The summed E-state index contributed by atoms with van der Waals surface area (Å²) in [5, 5.41) is 10.1. The van der Waals surface area contributed by atoms with Crippen molar-refractivity contribution in [1.29, 1.82) is 0 Å².